The summed E-state index contributed by atoms with van der Waals surface area (Å²) in [5.74, 6) is 1.87. The minimum absolute atomic E-state index is 0.108. The van der Waals surface area contributed by atoms with Crippen LogP contribution in [0.2, 0.25) is 0 Å². The van der Waals surface area contributed by atoms with Gasteiger partial charge in [0, 0.05) is 44.0 Å². The summed E-state index contributed by atoms with van der Waals surface area (Å²) < 4.78 is 9.27. The van der Waals surface area contributed by atoms with Crippen LogP contribution in [-0.2, 0) is 5.41 Å². The fourth-order valence-corrected chi connectivity index (χ4v) is 9.33. The molecule has 0 amide bonds. The average molecular weight is 757 g/mol. The zero-order valence-electron chi connectivity index (χ0n) is 32.5. The second-order valence-electron chi connectivity index (χ2n) is 16.0. The molecule has 12 rings (SSSR count). The first kappa shape index (κ1) is 33.5. The van der Waals surface area contributed by atoms with Crippen molar-refractivity contribution < 1.29 is 4.42 Å². The van der Waals surface area contributed by atoms with Gasteiger partial charge in [-0.1, -0.05) is 153 Å². The molecule has 0 bridgehead atoms. The van der Waals surface area contributed by atoms with E-state index < -0.39 is 0 Å². The molecule has 3 heterocycles. The Morgan fingerprint density at radius 2 is 1.03 bits per heavy atom. The molecule has 0 atom stereocenters. The Labute approximate surface area is 340 Å². The Balaban J connectivity index is 1.02. The van der Waals surface area contributed by atoms with E-state index in [2.05, 4.69) is 164 Å². The van der Waals surface area contributed by atoms with E-state index in [1.165, 1.54) is 27.8 Å². The fraction of sp³-hybridized carbons (Fsp3) is 0.0556. The largest absolute Gasteiger partial charge is 0.455 e. The fourth-order valence-electron chi connectivity index (χ4n) is 9.33. The van der Waals surface area contributed by atoms with Crippen LogP contribution in [0.5, 0.6) is 0 Å². The van der Waals surface area contributed by atoms with Crippen molar-refractivity contribution in [2.45, 2.75) is 19.3 Å². The molecule has 0 radical (unpaired) electrons. The van der Waals surface area contributed by atoms with Crippen molar-refractivity contribution in [3.05, 3.63) is 193 Å². The first-order valence-corrected chi connectivity index (χ1v) is 20.1. The average Bonchev–Trinajstić information content (AvgIpc) is 3.91. The Bertz CT molecular complexity index is 3450. The minimum atomic E-state index is -0.108. The normalized spacial score (nSPS) is 13.1. The maximum Gasteiger partial charge on any atom is 0.164 e. The number of aromatic nitrogens is 4. The molecule has 8 aromatic carbocycles. The third-order valence-corrected chi connectivity index (χ3v) is 12.3. The number of rotatable bonds is 5. The van der Waals surface area contributed by atoms with Gasteiger partial charge in [-0.2, -0.15) is 0 Å². The van der Waals surface area contributed by atoms with Crippen LogP contribution in [0.15, 0.2) is 186 Å². The van der Waals surface area contributed by atoms with E-state index in [9.17, 15) is 0 Å². The Morgan fingerprint density at radius 3 is 1.81 bits per heavy atom. The number of hydrogen-bond acceptors (Lipinski definition) is 4. The lowest BCUT2D eigenvalue weighted by molar-refractivity contribution is 0.649. The summed E-state index contributed by atoms with van der Waals surface area (Å²) in [4.78, 5) is 15.2. The third-order valence-electron chi connectivity index (χ3n) is 12.3. The number of para-hydroxylation sites is 1. The zero-order chi connectivity index (χ0) is 39.2. The number of nitrogens with zero attached hydrogens (tertiary/aromatic N) is 4. The van der Waals surface area contributed by atoms with E-state index in [4.69, 9.17) is 19.4 Å². The van der Waals surface area contributed by atoms with Crippen LogP contribution in [0.1, 0.15) is 25.0 Å². The van der Waals surface area contributed by atoms with Crippen LogP contribution in [-0.4, -0.2) is 19.5 Å². The predicted octanol–water partition coefficient (Wildman–Crippen LogP) is 13.8. The minimum Gasteiger partial charge on any atom is -0.455 e. The molecule has 0 fully saturated rings. The highest BCUT2D eigenvalue weighted by Crippen LogP contribution is 2.51. The molecular weight excluding hydrogens is 721 g/mol. The summed E-state index contributed by atoms with van der Waals surface area (Å²) in [7, 11) is 0. The number of furan rings is 1. The smallest absolute Gasteiger partial charge is 0.164 e. The lowest BCUT2D eigenvalue weighted by Gasteiger charge is -2.21. The van der Waals surface area contributed by atoms with Gasteiger partial charge in [-0.3, -0.25) is 0 Å². The van der Waals surface area contributed by atoms with Gasteiger partial charge < -0.3 is 8.98 Å². The van der Waals surface area contributed by atoms with Crippen LogP contribution >= 0.6 is 0 Å². The molecule has 0 unspecified atom stereocenters. The maximum atomic E-state index is 6.94. The van der Waals surface area contributed by atoms with Crippen molar-refractivity contribution in [3.63, 3.8) is 0 Å². The van der Waals surface area contributed by atoms with E-state index in [0.29, 0.717) is 17.5 Å². The summed E-state index contributed by atoms with van der Waals surface area (Å²) in [5.41, 5.74) is 15.3. The molecule has 0 saturated carbocycles. The van der Waals surface area contributed by atoms with Crippen molar-refractivity contribution >= 4 is 43.7 Å². The van der Waals surface area contributed by atoms with E-state index >= 15 is 0 Å². The van der Waals surface area contributed by atoms with Crippen LogP contribution < -0.4 is 0 Å². The van der Waals surface area contributed by atoms with E-state index in [0.717, 1.165) is 71.7 Å². The molecule has 1 aliphatic carbocycles. The molecule has 0 spiro atoms. The summed E-state index contributed by atoms with van der Waals surface area (Å²) in [6.07, 6.45) is 0. The maximum absolute atomic E-state index is 6.94. The molecule has 11 aromatic rings. The lowest BCUT2D eigenvalue weighted by atomic mass is 9.82. The highest BCUT2D eigenvalue weighted by Gasteiger charge is 2.36. The SMILES string of the molecule is CC1(C)c2ccccc2-c2cc3c(cc21)oc1c3ccc2c1c1ccccc1n2-c1cccc(-c2nc(-c3ccccc3)nc(-c3ccc(-c4ccccc4)cc3)n2)c1. The quantitative estimate of drug-likeness (QED) is 0.175. The van der Waals surface area contributed by atoms with Gasteiger partial charge in [0.2, 0.25) is 0 Å². The summed E-state index contributed by atoms with van der Waals surface area (Å²) >= 11 is 0. The molecule has 59 heavy (non-hydrogen) atoms. The second kappa shape index (κ2) is 12.7. The van der Waals surface area contributed by atoms with Gasteiger partial charge in [0.15, 0.2) is 17.5 Å². The van der Waals surface area contributed by atoms with Gasteiger partial charge in [-0.05, 0) is 75.8 Å². The molecule has 0 saturated heterocycles. The second-order valence-corrected chi connectivity index (χ2v) is 16.0. The Kier molecular flexibility index (Phi) is 7.20. The van der Waals surface area contributed by atoms with E-state index in [-0.39, 0.29) is 5.41 Å². The Hall–Kier alpha value is -7.63. The van der Waals surface area contributed by atoms with E-state index in [1.807, 2.05) is 36.4 Å². The molecule has 1 aliphatic rings. The van der Waals surface area contributed by atoms with Crippen molar-refractivity contribution in [2.24, 2.45) is 0 Å². The summed E-state index contributed by atoms with van der Waals surface area (Å²) in [6, 6.07) is 64.0. The molecule has 3 aromatic heterocycles. The van der Waals surface area contributed by atoms with Gasteiger partial charge >= 0.3 is 0 Å². The molecular formula is C54H36N4O. The summed E-state index contributed by atoms with van der Waals surface area (Å²) in [5, 5.41) is 4.51. The molecule has 278 valence electrons. The van der Waals surface area contributed by atoms with Crippen LogP contribution in [0, 0.1) is 0 Å². The molecule has 5 nitrogen and oxygen atoms in total. The zero-order valence-corrected chi connectivity index (χ0v) is 32.5. The first-order valence-electron chi connectivity index (χ1n) is 20.1. The first-order chi connectivity index (χ1) is 29.0. The molecule has 0 aliphatic heterocycles. The highest BCUT2D eigenvalue weighted by atomic mass is 16.3. The van der Waals surface area contributed by atoms with Crippen molar-refractivity contribution in [2.75, 3.05) is 0 Å². The third kappa shape index (κ3) is 5.14. The number of hydrogen-bond donors (Lipinski definition) is 0. The van der Waals surface area contributed by atoms with Crippen molar-refractivity contribution in [1.29, 1.82) is 0 Å². The van der Waals surface area contributed by atoms with Crippen LogP contribution in [0.4, 0.5) is 0 Å². The van der Waals surface area contributed by atoms with E-state index in [1.54, 1.807) is 0 Å². The Morgan fingerprint density at radius 1 is 0.424 bits per heavy atom. The number of benzene rings is 8. The van der Waals surface area contributed by atoms with Crippen molar-refractivity contribution in [1.82, 2.24) is 19.5 Å². The predicted molar refractivity (Wildman–Crippen MR) is 241 cm³/mol. The molecule has 5 heteroatoms. The topological polar surface area (TPSA) is 56.7 Å². The highest BCUT2D eigenvalue weighted by molar-refractivity contribution is 6.24. The van der Waals surface area contributed by atoms with Crippen LogP contribution in [0.3, 0.4) is 0 Å². The van der Waals surface area contributed by atoms with Gasteiger partial charge in [0.25, 0.3) is 0 Å². The van der Waals surface area contributed by atoms with Gasteiger partial charge in [0.1, 0.15) is 11.2 Å². The van der Waals surface area contributed by atoms with Gasteiger partial charge in [0.05, 0.1) is 16.4 Å². The monoisotopic (exact) mass is 756 g/mol. The standard InChI is InChI=1S/C54H36N4O/c1-54(2)44-22-11-9-20-39(44)42-31-43-40-28-29-47-49(50(40)59-48(43)32-45(42)54)41-21-10-12-23-46(41)58(47)38-19-13-18-37(30-38)53-56-51(35-16-7-4-8-17-35)55-52(57-53)36-26-24-34(25-27-36)33-14-5-3-6-15-33/h3-32H,1-2H3. The van der Waals surface area contributed by atoms with Crippen LogP contribution in [0.25, 0.3) is 106 Å². The summed E-state index contributed by atoms with van der Waals surface area (Å²) in [6.45, 7) is 4.63. The molecule has 0 N–H and O–H groups in total. The van der Waals surface area contributed by atoms with Gasteiger partial charge in [-0.15, -0.1) is 0 Å². The van der Waals surface area contributed by atoms with Gasteiger partial charge in [-0.25, -0.2) is 15.0 Å². The lowest BCUT2D eigenvalue weighted by Crippen LogP contribution is -2.14. The number of fused-ring (bicyclic) bond motifs is 10. The van der Waals surface area contributed by atoms with Crippen molar-refractivity contribution in [3.8, 4) is 62.1 Å².